The number of nitrogens with one attached hydrogen (secondary N) is 1. The summed E-state index contributed by atoms with van der Waals surface area (Å²) in [6.07, 6.45) is -3.46. The largest absolute Gasteiger partial charge is 0.573 e. The van der Waals surface area contributed by atoms with Gasteiger partial charge in [-0.2, -0.15) is 0 Å². The Balaban J connectivity index is 2.52. The van der Waals surface area contributed by atoms with Gasteiger partial charge >= 0.3 is 12.3 Å². The molecule has 1 amide bonds. The van der Waals surface area contributed by atoms with Crippen LogP contribution in [0.1, 0.15) is 36.0 Å². The van der Waals surface area contributed by atoms with Gasteiger partial charge in [0, 0.05) is 13.0 Å². The molecule has 0 heterocycles. The molecule has 0 aliphatic rings. The van der Waals surface area contributed by atoms with Crippen molar-refractivity contribution >= 4 is 11.9 Å². The molecule has 0 saturated carbocycles. The molecule has 1 rings (SSSR count). The normalized spacial score (nSPS) is 11.1. The summed E-state index contributed by atoms with van der Waals surface area (Å²) in [4.78, 5) is 22.0. The van der Waals surface area contributed by atoms with Crippen molar-refractivity contribution in [3.63, 3.8) is 0 Å². The second kappa shape index (κ2) is 8.35. The maximum atomic E-state index is 13.5. The Morgan fingerprint density at radius 1 is 1.17 bits per heavy atom. The number of aliphatic carboxylic acids is 1. The first-order valence-corrected chi connectivity index (χ1v) is 6.74. The Hall–Kier alpha value is -2.32. The number of amides is 1. The van der Waals surface area contributed by atoms with E-state index in [9.17, 15) is 27.2 Å². The van der Waals surface area contributed by atoms with Crippen LogP contribution in [-0.2, 0) is 4.79 Å². The quantitative estimate of drug-likeness (QED) is 0.565. The van der Waals surface area contributed by atoms with Gasteiger partial charge in [0.2, 0.25) is 0 Å². The molecule has 0 fully saturated rings. The summed E-state index contributed by atoms with van der Waals surface area (Å²) in [5, 5.41) is 10.8. The molecule has 0 atom stereocenters. The van der Waals surface area contributed by atoms with Gasteiger partial charge in [0.15, 0.2) is 0 Å². The average Bonchev–Trinajstić information content (AvgIpc) is 2.42. The number of carbonyl (C=O) groups excluding carboxylic acids is 1. The van der Waals surface area contributed by atoms with E-state index in [1.54, 1.807) is 0 Å². The molecule has 2 N–H and O–H groups in total. The molecule has 0 radical (unpaired) electrons. The van der Waals surface area contributed by atoms with Crippen molar-refractivity contribution in [2.75, 3.05) is 6.54 Å². The van der Waals surface area contributed by atoms with E-state index in [1.807, 2.05) is 0 Å². The predicted octanol–water partition coefficient (Wildman–Crippen LogP) is 3.10. The molecule has 0 saturated heterocycles. The fourth-order valence-corrected chi connectivity index (χ4v) is 1.75. The number of alkyl halides is 3. The van der Waals surface area contributed by atoms with E-state index in [1.165, 1.54) is 0 Å². The highest BCUT2D eigenvalue weighted by atomic mass is 19.4. The van der Waals surface area contributed by atoms with Crippen molar-refractivity contribution in [2.45, 2.75) is 32.0 Å². The van der Waals surface area contributed by atoms with Crippen LogP contribution < -0.4 is 10.1 Å². The third-order valence-corrected chi connectivity index (χ3v) is 2.77. The monoisotopic (exact) mass is 337 g/mol. The summed E-state index contributed by atoms with van der Waals surface area (Å²) in [5.41, 5.74) is -0.558. The van der Waals surface area contributed by atoms with Gasteiger partial charge in [-0.1, -0.05) is 6.42 Å². The standard InChI is InChI=1S/C14H15F4NO4/c15-11-6-5-9(23-14(16,17)18)8-10(11)13(22)19-7-3-1-2-4-12(20)21/h5-6,8H,1-4,7H2,(H,19,22)(H,20,21). The highest BCUT2D eigenvalue weighted by Gasteiger charge is 2.31. The van der Waals surface area contributed by atoms with Crippen molar-refractivity contribution in [1.82, 2.24) is 5.32 Å². The van der Waals surface area contributed by atoms with E-state index >= 15 is 0 Å². The number of hydrogen-bond donors (Lipinski definition) is 2. The number of hydrogen-bond acceptors (Lipinski definition) is 3. The van der Waals surface area contributed by atoms with E-state index in [-0.39, 0.29) is 13.0 Å². The van der Waals surface area contributed by atoms with E-state index < -0.39 is 35.4 Å². The lowest BCUT2D eigenvalue weighted by Gasteiger charge is -2.11. The van der Waals surface area contributed by atoms with Gasteiger partial charge in [-0.15, -0.1) is 13.2 Å². The number of benzene rings is 1. The van der Waals surface area contributed by atoms with Crippen LogP contribution in [0.3, 0.4) is 0 Å². The van der Waals surface area contributed by atoms with Crippen LogP contribution >= 0.6 is 0 Å². The van der Waals surface area contributed by atoms with E-state index in [2.05, 4.69) is 10.1 Å². The lowest BCUT2D eigenvalue weighted by atomic mass is 10.1. The van der Waals surface area contributed by atoms with Crippen molar-refractivity contribution in [1.29, 1.82) is 0 Å². The van der Waals surface area contributed by atoms with Crippen LogP contribution in [0.2, 0.25) is 0 Å². The SMILES string of the molecule is O=C(O)CCCCCNC(=O)c1cc(OC(F)(F)F)ccc1F. The van der Waals surface area contributed by atoms with Crippen LogP contribution in [0.25, 0.3) is 0 Å². The molecule has 0 aliphatic heterocycles. The number of ether oxygens (including phenoxy) is 1. The van der Waals surface area contributed by atoms with Gasteiger partial charge in [0.1, 0.15) is 11.6 Å². The minimum absolute atomic E-state index is 0.0133. The lowest BCUT2D eigenvalue weighted by molar-refractivity contribution is -0.274. The predicted molar refractivity (Wildman–Crippen MR) is 71.5 cm³/mol. The molecule has 0 aliphatic carbocycles. The van der Waals surface area contributed by atoms with Gasteiger partial charge in [-0.05, 0) is 31.0 Å². The first-order valence-electron chi connectivity index (χ1n) is 6.74. The van der Waals surface area contributed by atoms with Gasteiger partial charge in [0.05, 0.1) is 5.56 Å². The third-order valence-electron chi connectivity index (χ3n) is 2.77. The van der Waals surface area contributed by atoms with Crippen molar-refractivity contribution in [2.24, 2.45) is 0 Å². The first kappa shape index (κ1) is 18.7. The second-order valence-corrected chi connectivity index (χ2v) is 4.65. The minimum atomic E-state index is -4.93. The number of carbonyl (C=O) groups is 2. The fourth-order valence-electron chi connectivity index (χ4n) is 1.75. The maximum Gasteiger partial charge on any atom is 0.573 e. The van der Waals surface area contributed by atoms with Crippen LogP contribution in [0.4, 0.5) is 17.6 Å². The Labute approximate surface area is 129 Å². The van der Waals surface area contributed by atoms with Crippen molar-refractivity contribution in [3.05, 3.63) is 29.6 Å². The first-order chi connectivity index (χ1) is 10.7. The smallest absolute Gasteiger partial charge is 0.481 e. The zero-order valence-corrected chi connectivity index (χ0v) is 12.0. The Morgan fingerprint density at radius 3 is 2.48 bits per heavy atom. The van der Waals surface area contributed by atoms with Crippen LogP contribution in [0, 0.1) is 5.82 Å². The van der Waals surface area contributed by atoms with Crippen molar-refractivity contribution < 1.29 is 37.0 Å². The lowest BCUT2D eigenvalue weighted by Crippen LogP contribution is -2.25. The molecular weight excluding hydrogens is 322 g/mol. The zero-order valence-electron chi connectivity index (χ0n) is 12.0. The van der Waals surface area contributed by atoms with Gasteiger partial charge in [-0.25, -0.2) is 4.39 Å². The average molecular weight is 337 g/mol. The molecule has 0 bridgehead atoms. The summed E-state index contributed by atoms with van der Waals surface area (Å²) in [5.74, 6) is -3.45. The Kier molecular flexibility index (Phi) is 6.80. The molecule has 0 unspecified atom stereocenters. The number of carboxylic acids is 1. The molecule has 1 aromatic rings. The molecule has 1 aromatic carbocycles. The maximum absolute atomic E-state index is 13.5. The van der Waals surface area contributed by atoms with Gasteiger partial charge in [0.25, 0.3) is 5.91 Å². The summed E-state index contributed by atoms with van der Waals surface area (Å²) in [7, 11) is 0. The third kappa shape index (κ3) is 7.48. The highest BCUT2D eigenvalue weighted by molar-refractivity contribution is 5.94. The van der Waals surface area contributed by atoms with E-state index in [4.69, 9.17) is 5.11 Å². The van der Waals surface area contributed by atoms with E-state index in [0.717, 1.165) is 6.07 Å². The Bertz CT molecular complexity index is 560. The van der Waals surface area contributed by atoms with E-state index in [0.29, 0.717) is 31.4 Å². The summed E-state index contributed by atoms with van der Waals surface area (Å²) in [6, 6.07) is 2.15. The highest BCUT2D eigenvalue weighted by Crippen LogP contribution is 2.24. The molecule has 5 nitrogen and oxygen atoms in total. The number of rotatable bonds is 8. The molecule has 9 heteroatoms. The summed E-state index contributed by atoms with van der Waals surface area (Å²) >= 11 is 0. The molecule has 128 valence electrons. The van der Waals surface area contributed by atoms with Gasteiger partial charge < -0.3 is 15.2 Å². The van der Waals surface area contributed by atoms with Crippen molar-refractivity contribution in [3.8, 4) is 5.75 Å². The van der Waals surface area contributed by atoms with Gasteiger partial charge in [-0.3, -0.25) is 9.59 Å². The topological polar surface area (TPSA) is 75.6 Å². The van der Waals surface area contributed by atoms with Crippen LogP contribution in [0.5, 0.6) is 5.75 Å². The second-order valence-electron chi connectivity index (χ2n) is 4.65. The minimum Gasteiger partial charge on any atom is -0.481 e. The molecule has 0 aromatic heterocycles. The summed E-state index contributed by atoms with van der Waals surface area (Å²) < 4.78 is 53.4. The molecule has 23 heavy (non-hydrogen) atoms. The van der Waals surface area contributed by atoms with Crippen LogP contribution in [-0.4, -0.2) is 29.9 Å². The summed E-state index contributed by atoms with van der Waals surface area (Å²) in [6.45, 7) is 0.155. The van der Waals surface area contributed by atoms with Crippen LogP contribution in [0.15, 0.2) is 18.2 Å². The Morgan fingerprint density at radius 2 is 1.87 bits per heavy atom. The fraction of sp³-hybridized carbons (Fsp3) is 0.429. The zero-order chi connectivity index (χ0) is 17.5. The molecule has 0 spiro atoms. The number of carboxylic acid groups (broad SMARTS) is 1. The molecular formula is C14H15F4NO4. The number of unbranched alkanes of at least 4 members (excludes halogenated alkanes) is 2. The number of halogens is 4.